The van der Waals surface area contributed by atoms with Crippen LogP contribution in [0.1, 0.15) is 31.2 Å². The zero-order chi connectivity index (χ0) is 12.3. The van der Waals surface area contributed by atoms with Crippen LogP contribution in [0.4, 0.5) is 0 Å². The van der Waals surface area contributed by atoms with Crippen LogP contribution < -0.4 is 0 Å². The maximum atomic E-state index is 12.2. The number of carbonyl (C=O) groups excluding carboxylic acids is 1. The number of carbonyl (C=O) groups is 1. The highest BCUT2D eigenvalue weighted by Crippen LogP contribution is 2.25. The maximum absolute atomic E-state index is 12.2. The van der Waals surface area contributed by atoms with Crippen molar-refractivity contribution in [1.82, 2.24) is 4.90 Å². The lowest BCUT2D eigenvalue weighted by molar-refractivity contribution is -0.130. The van der Waals surface area contributed by atoms with Crippen molar-refractivity contribution >= 4 is 17.5 Å². The number of nitrogens with zero attached hydrogens (tertiary/aromatic N) is 1. The van der Waals surface area contributed by atoms with Crippen LogP contribution in [0, 0.1) is 0 Å². The fraction of sp³-hybridized carbons (Fsp3) is 0.500. The Labute approximate surface area is 108 Å². The normalized spacial score (nSPS) is 19.1. The van der Waals surface area contributed by atoms with E-state index in [0.717, 1.165) is 31.5 Å². The van der Waals surface area contributed by atoms with Gasteiger partial charge < -0.3 is 4.90 Å². The van der Waals surface area contributed by atoms with Crippen molar-refractivity contribution in [2.45, 2.75) is 31.1 Å². The molecule has 92 valence electrons. The minimum atomic E-state index is -0.449. The molecule has 1 aromatic rings. The van der Waals surface area contributed by atoms with Crippen molar-refractivity contribution in [2.75, 3.05) is 13.1 Å². The molecule has 3 heteroatoms. The van der Waals surface area contributed by atoms with Gasteiger partial charge in [-0.1, -0.05) is 37.3 Å². The van der Waals surface area contributed by atoms with E-state index < -0.39 is 5.38 Å². The molecule has 0 spiro atoms. The molecule has 0 N–H and O–H groups in total. The number of likely N-dealkylation sites (tertiary alicyclic amines) is 1. The Balaban J connectivity index is 2.04. The summed E-state index contributed by atoms with van der Waals surface area (Å²) in [7, 11) is 0. The van der Waals surface area contributed by atoms with E-state index in [0.29, 0.717) is 0 Å². The summed E-state index contributed by atoms with van der Waals surface area (Å²) in [6, 6.07) is 9.99. The van der Waals surface area contributed by atoms with Gasteiger partial charge in [0.25, 0.3) is 0 Å². The molecule has 1 heterocycles. The van der Waals surface area contributed by atoms with Crippen LogP contribution in [-0.2, 0) is 4.79 Å². The number of benzene rings is 1. The lowest BCUT2D eigenvalue weighted by Crippen LogP contribution is -2.36. The van der Waals surface area contributed by atoms with Gasteiger partial charge in [0.15, 0.2) is 0 Å². The molecule has 0 radical (unpaired) electrons. The second-order valence-corrected chi connectivity index (χ2v) is 5.10. The minimum Gasteiger partial charge on any atom is -0.341 e. The van der Waals surface area contributed by atoms with Crippen LogP contribution in [0.2, 0.25) is 0 Å². The zero-order valence-electron chi connectivity index (χ0n) is 10.1. The van der Waals surface area contributed by atoms with Gasteiger partial charge in [-0.25, -0.2) is 0 Å². The molecule has 1 saturated heterocycles. The fourth-order valence-corrected chi connectivity index (χ4v) is 2.53. The Morgan fingerprint density at radius 1 is 1.24 bits per heavy atom. The van der Waals surface area contributed by atoms with E-state index in [4.69, 9.17) is 11.6 Å². The van der Waals surface area contributed by atoms with Crippen LogP contribution in [0.15, 0.2) is 30.3 Å². The van der Waals surface area contributed by atoms with Gasteiger partial charge in [-0.05, 0) is 18.4 Å². The molecule has 0 bridgehead atoms. The number of hydrogen-bond donors (Lipinski definition) is 0. The van der Waals surface area contributed by atoms with E-state index in [-0.39, 0.29) is 11.8 Å². The van der Waals surface area contributed by atoms with Gasteiger partial charge in [-0.2, -0.15) is 0 Å². The molecule has 1 aromatic carbocycles. The summed E-state index contributed by atoms with van der Waals surface area (Å²) >= 11 is 6.31. The summed E-state index contributed by atoms with van der Waals surface area (Å²) in [5, 5.41) is -0.449. The average Bonchev–Trinajstić information content (AvgIpc) is 2.91. The lowest BCUT2D eigenvalue weighted by atomic mass is 9.97. The first-order chi connectivity index (χ1) is 8.20. The molecule has 17 heavy (non-hydrogen) atoms. The van der Waals surface area contributed by atoms with E-state index in [9.17, 15) is 4.79 Å². The third-order valence-corrected chi connectivity index (χ3v) is 3.98. The monoisotopic (exact) mass is 251 g/mol. The number of rotatable bonds is 3. The smallest absolute Gasteiger partial charge is 0.241 e. The third-order valence-electron chi connectivity index (χ3n) is 3.42. The Hall–Kier alpha value is -1.02. The minimum absolute atomic E-state index is 0.0611. The highest BCUT2D eigenvalue weighted by Gasteiger charge is 2.29. The largest absolute Gasteiger partial charge is 0.341 e. The molecule has 2 rings (SSSR count). The summed E-state index contributed by atoms with van der Waals surface area (Å²) < 4.78 is 0. The zero-order valence-corrected chi connectivity index (χ0v) is 10.9. The SMILES string of the molecule is CC(c1ccccc1)C(Cl)C(=O)N1CCCC1. The topological polar surface area (TPSA) is 20.3 Å². The molecular weight excluding hydrogens is 234 g/mol. The second kappa shape index (κ2) is 5.54. The van der Waals surface area contributed by atoms with E-state index in [1.165, 1.54) is 0 Å². The van der Waals surface area contributed by atoms with Crippen molar-refractivity contribution in [2.24, 2.45) is 0 Å². The number of halogens is 1. The molecule has 2 unspecified atom stereocenters. The number of hydrogen-bond acceptors (Lipinski definition) is 1. The van der Waals surface area contributed by atoms with E-state index in [2.05, 4.69) is 0 Å². The molecule has 0 aromatic heterocycles. The van der Waals surface area contributed by atoms with E-state index >= 15 is 0 Å². The molecule has 2 atom stereocenters. The summed E-state index contributed by atoms with van der Waals surface area (Å²) in [6.45, 7) is 3.74. The summed E-state index contributed by atoms with van der Waals surface area (Å²) in [6.07, 6.45) is 2.21. The van der Waals surface area contributed by atoms with Gasteiger partial charge in [0, 0.05) is 19.0 Å². The highest BCUT2D eigenvalue weighted by atomic mass is 35.5. The predicted octanol–water partition coefficient (Wildman–Crippen LogP) is 3.02. The van der Waals surface area contributed by atoms with Crippen molar-refractivity contribution < 1.29 is 4.79 Å². The molecular formula is C14H18ClNO. The first kappa shape index (κ1) is 12.4. The van der Waals surface area contributed by atoms with Crippen LogP contribution in [0.3, 0.4) is 0 Å². The molecule has 1 aliphatic heterocycles. The van der Waals surface area contributed by atoms with Crippen LogP contribution in [-0.4, -0.2) is 29.3 Å². The number of alkyl halides is 1. The van der Waals surface area contributed by atoms with Crippen molar-refractivity contribution in [3.8, 4) is 0 Å². The van der Waals surface area contributed by atoms with Gasteiger partial charge in [-0.3, -0.25) is 4.79 Å². The fourth-order valence-electron chi connectivity index (χ4n) is 2.25. The quantitative estimate of drug-likeness (QED) is 0.757. The summed E-state index contributed by atoms with van der Waals surface area (Å²) in [5.41, 5.74) is 1.13. The van der Waals surface area contributed by atoms with Crippen LogP contribution >= 0.6 is 11.6 Å². The second-order valence-electron chi connectivity index (χ2n) is 4.63. The predicted molar refractivity (Wildman–Crippen MR) is 70.3 cm³/mol. The van der Waals surface area contributed by atoms with Crippen molar-refractivity contribution in [3.63, 3.8) is 0 Å². The molecule has 1 amide bonds. The van der Waals surface area contributed by atoms with E-state index in [1.807, 2.05) is 42.2 Å². The van der Waals surface area contributed by atoms with Gasteiger partial charge in [0.2, 0.25) is 5.91 Å². The standard InChI is InChI=1S/C14H18ClNO/c1-11(12-7-3-2-4-8-12)13(15)14(17)16-9-5-6-10-16/h2-4,7-8,11,13H,5-6,9-10H2,1H3. The average molecular weight is 252 g/mol. The lowest BCUT2D eigenvalue weighted by Gasteiger charge is -2.23. The van der Waals surface area contributed by atoms with Crippen molar-refractivity contribution in [1.29, 1.82) is 0 Å². The van der Waals surface area contributed by atoms with Gasteiger partial charge >= 0.3 is 0 Å². The van der Waals surface area contributed by atoms with E-state index in [1.54, 1.807) is 0 Å². The first-order valence-corrected chi connectivity index (χ1v) is 6.61. The molecule has 0 aliphatic carbocycles. The molecule has 1 fully saturated rings. The van der Waals surface area contributed by atoms with Gasteiger partial charge in [0.05, 0.1) is 0 Å². The Morgan fingerprint density at radius 2 is 1.82 bits per heavy atom. The summed E-state index contributed by atoms with van der Waals surface area (Å²) in [5.74, 6) is 0.145. The highest BCUT2D eigenvalue weighted by molar-refractivity contribution is 6.31. The first-order valence-electron chi connectivity index (χ1n) is 6.18. The Morgan fingerprint density at radius 3 is 2.41 bits per heavy atom. The van der Waals surface area contributed by atoms with Crippen LogP contribution in [0.5, 0.6) is 0 Å². The Bertz CT molecular complexity index is 373. The third kappa shape index (κ3) is 2.81. The molecule has 0 saturated carbocycles. The molecule has 2 nitrogen and oxygen atoms in total. The summed E-state index contributed by atoms with van der Waals surface area (Å²) in [4.78, 5) is 14.0. The molecule has 1 aliphatic rings. The maximum Gasteiger partial charge on any atom is 0.241 e. The number of amides is 1. The Kier molecular flexibility index (Phi) is 4.06. The van der Waals surface area contributed by atoms with Gasteiger partial charge in [-0.15, -0.1) is 11.6 Å². The van der Waals surface area contributed by atoms with Gasteiger partial charge in [0.1, 0.15) is 5.38 Å². The van der Waals surface area contributed by atoms with Crippen molar-refractivity contribution in [3.05, 3.63) is 35.9 Å². The van der Waals surface area contributed by atoms with Crippen LogP contribution in [0.25, 0.3) is 0 Å².